The summed E-state index contributed by atoms with van der Waals surface area (Å²) in [6, 6.07) is 21.5. The fourth-order valence-corrected chi connectivity index (χ4v) is 3.41. The lowest BCUT2D eigenvalue weighted by Gasteiger charge is -2.11. The second-order valence-electron chi connectivity index (χ2n) is 7.66. The third-order valence-electron chi connectivity index (χ3n) is 5.06. The minimum Gasteiger partial charge on any atom is -0.464 e. The lowest BCUT2D eigenvalue weighted by molar-refractivity contribution is -0.132. The topological polar surface area (TPSA) is 100 Å². The number of esters is 1. The highest BCUT2D eigenvalue weighted by Gasteiger charge is 2.19. The van der Waals surface area contributed by atoms with Crippen LogP contribution in [0.15, 0.2) is 88.3 Å². The summed E-state index contributed by atoms with van der Waals surface area (Å²) < 4.78 is 10.7. The number of carbonyl (C=O) groups excluding carboxylic acids is 1. The maximum absolute atomic E-state index is 12.2. The van der Waals surface area contributed by atoms with Crippen LogP contribution < -0.4 is 4.74 Å². The molecule has 38 heavy (non-hydrogen) atoms. The Morgan fingerprint density at radius 1 is 0.816 bits per heavy atom. The van der Waals surface area contributed by atoms with E-state index in [1.807, 2.05) is 37.3 Å². The SMILES string of the molecule is CCO/N=C(/C(C)=N/OCc1ccccc1C(=NOC)C(=O)OC)c1ccc(Oc2ccc(Cl)cc2)cc1. The van der Waals surface area contributed by atoms with Crippen molar-refractivity contribution in [1.29, 1.82) is 0 Å². The molecule has 0 fully saturated rings. The Labute approximate surface area is 226 Å². The molecule has 3 aromatic carbocycles. The Balaban J connectivity index is 1.77. The normalized spacial score (nSPS) is 12.1. The van der Waals surface area contributed by atoms with Crippen molar-refractivity contribution < 1.29 is 28.8 Å². The quantitative estimate of drug-likeness (QED) is 0.160. The van der Waals surface area contributed by atoms with Crippen molar-refractivity contribution in [2.24, 2.45) is 15.5 Å². The van der Waals surface area contributed by atoms with E-state index in [1.165, 1.54) is 14.2 Å². The van der Waals surface area contributed by atoms with Gasteiger partial charge in [0.2, 0.25) is 0 Å². The van der Waals surface area contributed by atoms with Gasteiger partial charge >= 0.3 is 5.97 Å². The van der Waals surface area contributed by atoms with Crippen LogP contribution in [0.1, 0.15) is 30.5 Å². The van der Waals surface area contributed by atoms with Gasteiger partial charge in [0.05, 0.1) is 7.11 Å². The molecule has 0 bridgehead atoms. The van der Waals surface area contributed by atoms with Crippen LogP contribution >= 0.6 is 11.6 Å². The van der Waals surface area contributed by atoms with Gasteiger partial charge in [0.15, 0.2) is 5.71 Å². The van der Waals surface area contributed by atoms with Crippen LogP contribution in [0, 0.1) is 0 Å². The number of halogens is 1. The maximum Gasteiger partial charge on any atom is 0.360 e. The second-order valence-corrected chi connectivity index (χ2v) is 8.10. The van der Waals surface area contributed by atoms with E-state index < -0.39 is 5.97 Å². The van der Waals surface area contributed by atoms with Gasteiger partial charge in [-0.3, -0.25) is 0 Å². The number of ether oxygens (including phenoxy) is 2. The highest BCUT2D eigenvalue weighted by molar-refractivity contribution is 6.47. The molecule has 9 nitrogen and oxygen atoms in total. The second kappa shape index (κ2) is 14.4. The molecule has 0 unspecified atom stereocenters. The van der Waals surface area contributed by atoms with Gasteiger partial charge in [0, 0.05) is 21.7 Å². The van der Waals surface area contributed by atoms with E-state index >= 15 is 0 Å². The minimum absolute atomic E-state index is 0.0226. The number of carbonyl (C=O) groups is 1. The Morgan fingerprint density at radius 3 is 2.11 bits per heavy atom. The fraction of sp³-hybridized carbons (Fsp3) is 0.214. The molecule has 0 saturated carbocycles. The van der Waals surface area contributed by atoms with Crippen molar-refractivity contribution in [1.82, 2.24) is 0 Å². The molecule has 3 rings (SSSR count). The molecule has 0 atom stereocenters. The number of hydrogen-bond acceptors (Lipinski definition) is 9. The Kier molecular flexibility index (Phi) is 10.7. The average molecular weight is 538 g/mol. The predicted molar refractivity (Wildman–Crippen MR) is 146 cm³/mol. The summed E-state index contributed by atoms with van der Waals surface area (Å²) in [6.07, 6.45) is 0. The maximum atomic E-state index is 12.2. The Hall–Kier alpha value is -4.37. The molecule has 0 N–H and O–H groups in total. The van der Waals surface area contributed by atoms with Crippen LogP contribution in [0.2, 0.25) is 5.02 Å². The number of oxime groups is 3. The molecule has 0 heterocycles. The van der Waals surface area contributed by atoms with Gasteiger partial charge < -0.3 is 24.0 Å². The van der Waals surface area contributed by atoms with Crippen molar-refractivity contribution in [3.63, 3.8) is 0 Å². The zero-order chi connectivity index (χ0) is 27.3. The predicted octanol–water partition coefficient (Wildman–Crippen LogP) is 5.99. The van der Waals surface area contributed by atoms with Crippen molar-refractivity contribution in [2.45, 2.75) is 20.5 Å². The van der Waals surface area contributed by atoms with Gasteiger partial charge in [0.1, 0.15) is 43.2 Å². The summed E-state index contributed by atoms with van der Waals surface area (Å²) in [5.74, 6) is 0.685. The Bertz CT molecular complexity index is 1300. The lowest BCUT2D eigenvalue weighted by atomic mass is 10.0. The standard InChI is InChI=1S/C28H28ClN3O6/c1-5-36-32-26(20-10-14-23(15-11-20)38-24-16-12-22(29)13-17-24)19(2)30-37-18-21-8-6-7-9-25(21)27(31-35-4)28(33)34-3/h6-17H,5,18H2,1-4H3/b30-19+,31-27?,32-26-. The van der Waals surface area contributed by atoms with Gasteiger partial charge in [-0.25, -0.2) is 4.79 Å². The van der Waals surface area contributed by atoms with Crippen LogP contribution in [-0.4, -0.2) is 43.9 Å². The van der Waals surface area contributed by atoms with Gasteiger partial charge in [-0.1, -0.05) is 51.3 Å². The smallest absolute Gasteiger partial charge is 0.360 e. The van der Waals surface area contributed by atoms with Crippen LogP contribution in [-0.2, 0) is 30.7 Å². The monoisotopic (exact) mass is 537 g/mol. The van der Waals surface area contributed by atoms with E-state index in [0.717, 1.165) is 5.56 Å². The summed E-state index contributed by atoms with van der Waals surface area (Å²) >= 11 is 5.93. The molecule has 198 valence electrons. The highest BCUT2D eigenvalue weighted by atomic mass is 35.5. The summed E-state index contributed by atoms with van der Waals surface area (Å²) in [5, 5.41) is 12.9. The van der Waals surface area contributed by atoms with Crippen LogP contribution in [0.25, 0.3) is 0 Å². The first-order valence-corrected chi connectivity index (χ1v) is 12.0. The number of nitrogens with zero attached hydrogens (tertiary/aromatic N) is 3. The average Bonchev–Trinajstić information content (AvgIpc) is 2.94. The van der Waals surface area contributed by atoms with Crippen LogP contribution in [0.3, 0.4) is 0 Å². The molecule has 0 amide bonds. The van der Waals surface area contributed by atoms with E-state index in [1.54, 1.807) is 49.4 Å². The first-order chi connectivity index (χ1) is 18.5. The van der Waals surface area contributed by atoms with E-state index in [0.29, 0.717) is 45.7 Å². The first-order valence-electron chi connectivity index (χ1n) is 11.6. The molecule has 3 aromatic rings. The highest BCUT2D eigenvalue weighted by Crippen LogP contribution is 2.24. The molecule has 0 aliphatic carbocycles. The summed E-state index contributed by atoms with van der Waals surface area (Å²) in [7, 11) is 2.63. The van der Waals surface area contributed by atoms with Crippen molar-refractivity contribution in [2.75, 3.05) is 20.8 Å². The molecule has 10 heteroatoms. The van der Waals surface area contributed by atoms with E-state index in [4.69, 9.17) is 35.6 Å². The molecule has 0 aliphatic heterocycles. The van der Waals surface area contributed by atoms with Gasteiger partial charge in [-0.05, 0) is 62.4 Å². The lowest BCUT2D eigenvalue weighted by Crippen LogP contribution is -2.19. The largest absolute Gasteiger partial charge is 0.464 e. The molecular weight excluding hydrogens is 510 g/mol. The summed E-state index contributed by atoms with van der Waals surface area (Å²) in [5.41, 5.74) is 2.93. The van der Waals surface area contributed by atoms with Gasteiger partial charge in [-0.2, -0.15) is 0 Å². The third-order valence-corrected chi connectivity index (χ3v) is 5.31. The van der Waals surface area contributed by atoms with Crippen molar-refractivity contribution in [3.05, 3.63) is 94.5 Å². The van der Waals surface area contributed by atoms with Crippen LogP contribution in [0.5, 0.6) is 11.5 Å². The summed E-state index contributed by atoms with van der Waals surface area (Å²) in [4.78, 5) is 27.9. The zero-order valence-corrected chi connectivity index (χ0v) is 22.3. The molecule has 0 spiro atoms. The molecule has 0 radical (unpaired) electrons. The molecular formula is C28H28ClN3O6. The molecule has 0 saturated heterocycles. The number of methoxy groups -OCH3 is 1. The fourth-order valence-electron chi connectivity index (χ4n) is 3.28. The van der Waals surface area contributed by atoms with E-state index in [2.05, 4.69) is 15.5 Å². The van der Waals surface area contributed by atoms with Crippen molar-refractivity contribution in [3.8, 4) is 11.5 Å². The van der Waals surface area contributed by atoms with E-state index in [-0.39, 0.29) is 12.3 Å². The van der Waals surface area contributed by atoms with Gasteiger partial charge in [-0.15, -0.1) is 0 Å². The first kappa shape index (κ1) is 28.2. The zero-order valence-electron chi connectivity index (χ0n) is 21.5. The summed E-state index contributed by atoms with van der Waals surface area (Å²) in [6.45, 7) is 4.04. The number of benzene rings is 3. The minimum atomic E-state index is -0.631. The van der Waals surface area contributed by atoms with E-state index in [9.17, 15) is 4.79 Å². The van der Waals surface area contributed by atoms with Crippen molar-refractivity contribution >= 4 is 34.7 Å². The molecule has 0 aliphatic rings. The number of rotatable bonds is 12. The molecule has 0 aromatic heterocycles. The third kappa shape index (κ3) is 7.81. The van der Waals surface area contributed by atoms with Crippen LogP contribution in [0.4, 0.5) is 0 Å². The number of hydrogen-bond donors (Lipinski definition) is 0. The Morgan fingerprint density at radius 2 is 1.47 bits per heavy atom. The van der Waals surface area contributed by atoms with Gasteiger partial charge in [0.25, 0.3) is 0 Å².